The number of hydrogen-bond acceptors (Lipinski definition) is 5. The third-order valence-corrected chi connectivity index (χ3v) is 2.01. The first-order valence-electron chi connectivity index (χ1n) is 4.59. The van der Waals surface area contributed by atoms with Crippen LogP contribution in [0.2, 0.25) is 0 Å². The van der Waals surface area contributed by atoms with Crippen molar-refractivity contribution in [2.45, 2.75) is 26.4 Å². The van der Waals surface area contributed by atoms with Gasteiger partial charge in [-0.2, -0.15) is 0 Å². The lowest BCUT2D eigenvalue weighted by molar-refractivity contribution is -0.171. The SMILES string of the molecule is C=C(C)C(=O)OC(CC)C(=O)OC(=O)CBr. The van der Waals surface area contributed by atoms with Crippen molar-refractivity contribution in [3.63, 3.8) is 0 Å². The second kappa shape index (κ2) is 7.16. The molecule has 1 atom stereocenters. The Bertz CT molecular complexity index is 310. The zero-order chi connectivity index (χ0) is 12.7. The molecule has 0 saturated heterocycles. The van der Waals surface area contributed by atoms with Crippen LogP contribution in [0.15, 0.2) is 12.2 Å². The van der Waals surface area contributed by atoms with Crippen molar-refractivity contribution in [1.29, 1.82) is 0 Å². The van der Waals surface area contributed by atoms with Gasteiger partial charge in [-0.25, -0.2) is 9.59 Å². The molecule has 0 heterocycles. The summed E-state index contributed by atoms with van der Waals surface area (Å²) in [6.45, 7) is 6.48. The monoisotopic (exact) mass is 292 g/mol. The Morgan fingerprint density at radius 2 is 1.94 bits per heavy atom. The number of esters is 3. The summed E-state index contributed by atoms with van der Waals surface area (Å²) in [5.74, 6) is -2.29. The van der Waals surface area contributed by atoms with Crippen molar-refractivity contribution in [2.24, 2.45) is 0 Å². The molecule has 0 spiro atoms. The molecule has 0 aromatic rings. The maximum absolute atomic E-state index is 11.3. The van der Waals surface area contributed by atoms with Gasteiger partial charge in [0.1, 0.15) is 5.33 Å². The molecule has 0 radical (unpaired) electrons. The summed E-state index contributed by atoms with van der Waals surface area (Å²) in [7, 11) is 0. The highest BCUT2D eigenvalue weighted by Gasteiger charge is 2.24. The van der Waals surface area contributed by atoms with E-state index in [1.54, 1.807) is 6.92 Å². The van der Waals surface area contributed by atoms with Gasteiger partial charge < -0.3 is 9.47 Å². The summed E-state index contributed by atoms with van der Waals surface area (Å²) in [4.78, 5) is 33.3. The van der Waals surface area contributed by atoms with Gasteiger partial charge in [0.25, 0.3) is 0 Å². The maximum atomic E-state index is 11.3. The van der Waals surface area contributed by atoms with Gasteiger partial charge >= 0.3 is 17.9 Å². The molecule has 0 N–H and O–H groups in total. The average Bonchev–Trinajstić information content (AvgIpc) is 2.24. The minimum absolute atomic E-state index is 0.0936. The fourth-order valence-corrected chi connectivity index (χ4v) is 0.848. The number of halogens is 1. The van der Waals surface area contributed by atoms with Crippen LogP contribution in [0.25, 0.3) is 0 Å². The Morgan fingerprint density at radius 1 is 1.38 bits per heavy atom. The van der Waals surface area contributed by atoms with Crippen molar-refractivity contribution >= 4 is 33.8 Å². The van der Waals surface area contributed by atoms with Crippen LogP contribution in [0.1, 0.15) is 20.3 Å². The summed E-state index contributed by atoms with van der Waals surface area (Å²) in [6.07, 6.45) is -0.847. The van der Waals surface area contributed by atoms with Crippen molar-refractivity contribution in [3.8, 4) is 0 Å². The van der Waals surface area contributed by atoms with Gasteiger partial charge in [0.05, 0.1) is 0 Å². The minimum atomic E-state index is -1.08. The third-order valence-electron chi connectivity index (χ3n) is 1.55. The largest absolute Gasteiger partial charge is 0.447 e. The normalized spacial score (nSPS) is 11.4. The molecule has 0 aliphatic heterocycles. The molecule has 90 valence electrons. The highest BCUT2D eigenvalue weighted by Crippen LogP contribution is 2.05. The van der Waals surface area contributed by atoms with E-state index < -0.39 is 24.0 Å². The summed E-state index contributed by atoms with van der Waals surface area (Å²) in [6, 6.07) is 0. The highest BCUT2D eigenvalue weighted by atomic mass is 79.9. The van der Waals surface area contributed by atoms with E-state index in [1.807, 2.05) is 0 Å². The standard InChI is InChI=1S/C10H13BrO5/c1-4-7(15-9(13)6(2)3)10(14)16-8(12)5-11/h7H,2,4-5H2,1,3H3. The van der Waals surface area contributed by atoms with Crippen molar-refractivity contribution in [2.75, 3.05) is 5.33 Å². The lowest BCUT2D eigenvalue weighted by atomic mass is 10.2. The van der Waals surface area contributed by atoms with E-state index in [9.17, 15) is 14.4 Å². The van der Waals surface area contributed by atoms with Gasteiger partial charge in [-0.1, -0.05) is 29.4 Å². The van der Waals surface area contributed by atoms with Crippen LogP contribution in [-0.4, -0.2) is 29.3 Å². The zero-order valence-corrected chi connectivity index (χ0v) is 10.7. The molecular weight excluding hydrogens is 280 g/mol. The summed E-state index contributed by atoms with van der Waals surface area (Å²) in [5.41, 5.74) is 0.179. The van der Waals surface area contributed by atoms with Crippen LogP contribution < -0.4 is 0 Å². The fourth-order valence-electron chi connectivity index (χ4n) is 0.733. The number of alkyl halides is 1. The molecule has 0 amide bonds. The second-order valence-electron chi connectivity index (χ2n) is 3.01. The molecule has 0 saturated carbocycles. The average molecular weight is 293 g/mol. The zero-order valence-electron chi connectivity index (χ0n) is 9.12. The summed E-state index contributed by atoms with van der Waals surface area (Å²) in [5, 5.41) is -0.0936. The van der Waals surface area contributed by atoms with Crippen LogP contribution in [-0.2, 0) is 23.9 Å². The van der Waals surface area contributed by atoms with E-state index >= 15 is 0 Å². The maximum Gasteiger partial charge on any atom is 0.355 e. The Morgan fingerprint density at radius 3 is 2.31 bits per heavy atom. The first kappa shape index (κ1) is 14.8. The molecule has 1 unspecified atom stereocenters. The van der Waals surface area contributed by atoms with E-state index in [0.29, 0.717) is 0 Å². The molecule has 6 heteroatoms. The van der Waals surface area contributed by atoms with Crippen LogP contribution in [0.3, 0.4) is 0 Å². The predicted molar refractivity (Wildman–Crippen MR) is 59.9 cm³/mol. The topological polar surface area (TPSA) is 69.7 Å². The molecule has 0 aromatic carbocycles. The number of hydrogen-bond donors (Lipinski definition) is 0. The molecule has 0 bridgehead atoms. The lowest BCUT2D eigenvalue weighted by Crippen LogP contribution is -2.30. The fraction of sp³-hybridized carbons (Fsp3) is 0.500. The van der Waals surface area contributed by atoms with E-state index in [1.165, 1.54) is 6.92 Å². The Hall–Kier alpha value is -1.17. The Balaban J connectivity index is 4.38. The molecule has 16 heavy (non-hydrogen) atoms. The van der Waals surface area contributed by atoms with E-state index in [-0.39, 0.29) is 17.3 Å². The van der Waals surface area contributed by atoms with Gasteiger partial charge in [-0.15, -0.1) is 0 Å². The Labute approximate surface area is 102 Å². The first-order valence-corrected chi connectivity index (χ1v) is 5.71. The minimum Gasteiger partial charge on any atom is -0.447 e. The van der Waals surface area contributed by atoms with Gasteiger partial charge in [-0.3, -0.25) is 4.79 Å². The summed E-state index contributed by atoms with van der Waals surface area (Å²) >= 11 is 2.84. The number of carbonyl (C=O) groups excluding carboxylic acids is 3. The molecule has 0 rings (SSSR count). The van der Waals surface area contributed by atoms with E-state index in [0.717, 1.165) is 0 Å². The predicted octanol–water partition coefficient (Wildman–Crippen LogP) is 1.35. The molecule has 0 aliphatic rings. The molecule has 0 aromatic heterocycles. The molecule has 0 aliphatic carbocycles. The lowest BCUT2D eigenvalue weighted by Gasteiger charge is -2.13. The smallest absolute Gasteiger partial charge is 0.355 e. The first-order chi connectivity index (χ1) is 7.42. The summed E-state index contributed by atoms with van der Waals surface area (Å²) < 4.78 is 9.19. The van der Waals surface area contributed by atoms with Gasteiger partial charge in [0.2, 0.25) is 0 Å². The van der Waals surface area contributed by atoms with Gasteiger partial charge in [0.15, 0.2) is 6.10 Å². The van der Waals surface area contributed by atoms with Gasteiger partial charge in [-0.05, 0) is 13.3 Å². The van der Waals surface area contributed by atoms with Crippen LogP contribution in [0.4, 0.5) is 0 Å². The van der Waals surface area contributed by atoms with Crippen molar-refractivity contribution < 1.29 is 23.9 Å². The van der Waals surface area contributed by atoms with E-state index in [2.05, 4.69) is 27.2 Å². The number of ether oxygens (including phenoxy) is 2. The number of carbonyl (C=O) groups is 3. The van der Waals surface area contributed by atoms with Crippen molar-refractivity contribution in [1.82, 2.24) is 0 Å². The van der Waals surface area contributed by atoms with Crippen LogP contribution in [0.5, 0.6) is 0 Å². The van der Waals surface area contributed by atoms with Gasteiger partial charge in [0, 0.05) is 5.57 Å². The quantitative estimate of drug-likeness (QED) is 0.331. The number of rotatable bonds is 5. The molecule has 0 fully saturated rings. The van der Waals surface area contributed by atoms with Crippen LogP contribution >= 0.6 is 15.9 Å². The van der Waals surface area contributed by atoms with Crippen molar-refractivity contribution in [3.05, 3.63) is 12.2 Å². The molecular formula is C10H13BrO5. The van der Waals surface area contributed by atoms with E-state index in [4.69, 9.17) is 4.74 Å². The third kappa shape index (κ3) is 5.06. The molecule has 5 nitrogen and oxygen atoms in total. The highest BCUT2D eigenvalue weighted by molar-refractivity contribution is 9.09. The Kier molecular flexibility index (Phi) is 6.64. The second-order valence-corrected chi connectivity index (χ2v) is 3.57. The van der Waals surface area contributed by atoms with Crippen LogP contribution in [0, 0.1) is 0 Å².